The van der Waals surface area contributed by atoms with E-state index in [9.17, 15) is 14.4 Å². The molecular weight excluding hydrogens is 402 g/mol. The van der Waals surface area contributed by atoms with E-state index in [1.165, 1.54) is 17.6 Å². The first-order chi connectivity index (χ1) is 14.3. The van der Waals surface area contributed by atoms with Crippen LogP contribution >= 0.6 is 11.3 Å². The SMILES string of the molecule is CC(C)(C)C(=O)NCc1ccc(C(=O)COC(=O)c2occc2-c2ccccc2)s1. The van der Waals surface area contributed by atoms with Crippen LogP contribution in [0.15, 0.2) is 59.2 Å². The zero-order valence-corrected chi connectivity index (χ0v) is 17.9. The van der Waals surface area contributed by atoms with E-state index in [1.54, 1.807) is 18.2 Å². The Morgan fingerprint density at radius 2 is 1.77 bits per heavy atom. The predicted octanol–water partition coefficient (Wildman–Crippen LogP) is 4.71. The Morgan fingerprint density at radius 1 is 1.03 bits per heavy atom. The number of ketones is 1. The largest absolute Gasteiger partial charge is 0.457 e. The molecule has 0 saturated carbocycles. The second-order valence-electron chi connectivity index (χ2n) is 7.73. The number of esters is 1. The minimum absolute atomic E-state index is 0.0609. The van der Waals surface area contributed by atoms with Gasteiger partial charge in [0.15, 0.2) is 6.61 Å². The first kappa shape index (κ1) is 21.5. The number of hydrogen-bond donors (Lipinski definition) is 1. The van der Waals surface area contributed by atoms with Crippen LogP contribution in [-0.4, -0.2) is 24.3 Å². The van der Waals surface area contributed by atoms with Crippen LogP contribution in [0, 0.1) is 5.41 Å². The van der Waals surface area contributed by atoms with Crippen molar-refractivity contribution in [2.75, 3.05) is 6.61 Å². The number of amides is 1. The molecule has 0 atom stereocenters. The van der Waals surface area contributed by atoms with Crippen molar-refractivity contribution in [2.45, 2.75) is 27.3 Å². The molecule has 1 aromatic carbocycles. The molecule has 1 amide bonds. The van der Waals surface area contributed by atoms with E-state index in [4.69, 9.17) is 9.15 Å². The number of hydrogen-bond acceptors (Lipinski definition) is 6. The maximum Gasteiger partial charge on any atom is 0.375 e. The lowest BCUT2D eigenvalue weighted by molar-refractivity contribution is -0.128. The summed E-state index contributed by atoms with van der Waals surface area (Å²) in [5.41, 5.74) is 0.958. The number of rotatable bonds is 7. The molecule has 2 heterocycles. The lowest BCUT2D eigenvalue weighted by Gasteiger charge is -2.17. The second kappa shape index (κ2) is 9.09. The Balaban J connectivity index is 1.57. The fourth-order valence-electron chi connectivity index (χ4n) is 2.64. The number of thiophene rings is 1. The van der Waals surface area contributed by atoms with Gasteiger partial charge in [-0.1, -0.05) is 51.1 Å². The Kier molecular flexibility index (Phi) is 6.52. The second-order valence-corrected chi connectivity index (χ2v) is 8.90. The summed E-state index contributed by atoms with van der Waals surface area (Å²) in [6.07, 6.45) is 1.41. The van der Waals surface area contributed by atoms with Crippen molar-refractivity contribution in [3.05, 3.63) is 70.3 Å². The van der Waals surface area contributed by atoms with Gasteiger partial charge in [-0.3, -0.25) is 9.59 Å². The Labute approximate surface area is 178 Å². The van der Waals surface area contributed by atoms with Gasteiger partial charge >= 0.3 is 5.97 Å². The fourth-order valence-corrected chi connectivity index (χ4v) is 3.51. The van der Waals surface area contributed by atoms with Crippen molar-refractivity contribution in [2.24, 2.45) is 5.41 Å². The van der Waals surface area contributed by atoms with Gasteiger partial charge in [0.05, 0.1) is 17.7 Å². The van der Waals surface area contributed by atoms with Gasteiger partial charge in [-0.15, -0.1) is 11.3 Å². The van der Waals surface area contributed by atoms with Gasteiger partial charge in [-0.25, -0.2) is 4.79 Å². The minimum Gasteiger partial charge on any atom is -0.457 e. The smallest absolute Gasteiger partial charge is 0.375 e. The highest BCUT2D eigenvalue weighted by Gasteiger charge is 2.22. The number of furan rings is 1. The van der Waals surface area contributed by atoms with Crippen LogP contribution in [0.5, 0.6) is 0 Å². The van der Waals surface area contributed by atoms with Crippen LogP contribution in [0.25, 0.3) is 11.1 Å². The topological polar surface area (TPSA) is 85.6 Å². The molecule has 0 spiro atoms. The highest BCUT2D eigenvalue weighted by atomic mass is 32.1. The summed E-state index contributed by atoms with van der Waals surface area (Å²) in [6.45, 7) is 5.47. The van der Waals surface area contributed by atoms with E-state index in [0.29, 0.717) is 17.0 Å². The molecule has 156 valence electrons. The Morgan fingerprint density at radius 3 is 2.47 bits per heavy atom. The van der Waals surface area contributed by atoms with Gasteiger partial charge in [0.2, 0.25) is 17.5 Å². The average molecular weight is 426 g/mol. The number of benzene rings is 1. The van der Waals surface area contributed by atoms with E-state index in [2.05, 4.69) is 5.32 Å². The molecule has 0 aliphatic rings. The maximum atomic E-state index is 12.4. The van der Waals surface area contributed by atoms with Crippen molar-refractivity contribution in [1.82, 2.24) is 5.32 Å². The molecule has 3 rings (SSSR count). The molecule has 0 aliphatic carbocycles. The van der Waals surface area contributed by atoms with E-state index >= 15 is 0 Å². The Hall–Kier alpha value is -3.19. The summed E-state index contributed by atoms with van der Waals surface area (Å²) in [4.78, 5) is 38.1. The van der Waals surface area contributed by atoms with Crippen molar-refractivity contribution in [3.63, 3.8) is 0 Å². The standard InChI is InChI=1S/C23H23NO5S/c1-23(2,3)22(27)24-13-16-9-10-19(30-16)18(25)14-29-21(26)20-17(11-12-28-20)15-7-5-4-6-8-15/h4-12H,13-14H2,1-3H3,(H,24,27). The highest BCUT2D eigenvalue weighted by molar-refractivity contribution is 7.14. The summed E-state index contributed by atoms with van der Waals surface area (Å²) in [7, 11) is 0. The molecule has 0 bridgehead atoms. The normalized spacial score (nSPS) is 11.2. The van der Waals surface area contributed by atoms with Gasteiger partial charge in [-0.05, 0) is 23.8 Å². The number of carbonyl (C=O) groups excluding carboxylic acids is 3. The molecule has 0 radical (unpaired) electrons. The quantitative estimate of drug-likeness (QED) is 0.438. The lowest BCUT2D eigenvalue weighted by Crippen LogP contribution is -2.34. The third-order valence-corrected chi connectivity index (χ3v) is 5.44. The number of ether oxygens (including phenoxy) is 1. The first-order valence-electron chi connectivity index (χ1n) is 9.46. The van der Waals surface area contributed by atoms with Crippen LogP contribution < -0.4 is 5.32 Å². The maximum absolute atomic E-state index is 12.4. The molecule has 0 aliphatic heterocycles. The molecular formula is C23H23NO5S. The van der Waals surface area contributed by atoms with Crippen molar-refractivity contribution in [1.29, 1.82) is 0 Å². The van der Waals surface area contributed by atoms with E-state index in [1.807, 2.05) is 51.1 Å². The van der Waals surface area contributed by atoms with Gasteiger partial charge < -0.3 is 14.5 Å². The van der Waals surface area contributed by atoms with Gasteiger partial charge in [0, 0.05) is 15.9 Å². The van der Waals surface area contributed by atoms with Crippen LogP contribution in [0.3, 0.4) is 0 Å². The van der Waals surface area contributed by atoms with Crippen LogP contribution in [0.2, 0.25) is 0 Å². The average Bonchev–Trinajstić information content (AvgIpc) is 3.39. The van der Waals surface area contributed by atoms with Gasteiger partial charge in [-0.2, -0.15) is 0 Å². The number of carbonyl (C=O) groups is 3. The fraction of sp³-hybridized carbons (Fsp3) is 0.261. The van der Waals surface area contributed by atoms with Crippen LogP contribution in [-0.2, 0) is 16.1 Å². The van der Waals surface area contributed by atoms with Gasteiger partial charge in [0.1, 0.15) is 0 Å². The zero-order chi connectivity index (χ0) is 21.7. The van der Waals surface area contributed by atoms with E-state index in [0.717, 1.165) is 10.4 Å². The molecule has 1 N–H and O–H groups in total. The van der Waals surface area contributed by atoms with E-state index in [-0.39, 0.29) is 24.1 Å². The van der Waals surface area contributed by atoms with Gasteiger partial charge in [0.25, 0.3) is 0 Å². The summed E-state index contributed by atoms with van der Waals surface area (Å²) in [6, 6.07) is 14.5. The molecule has 0 unspecified atom stereocenters. The van der Waals surface area contributed by atoms with Crippen molar-refractivity contribution < 1.29 is 23.5 Å². The summed E-state index contributed by atoms with van der Waals surface area (Å²) < 4.78 is 10.5. The lowest BCUT2D eigenvalue weighted by atomic mass is 9.96. The predicted molar refractivity (Wildman–Crippen MR) is 114 cm³/mol. The van der Waals surface area contributed by atoms with Crippen LogP contribution in [0.1, 0.15) is 45.9 Å². The Bertz CT molecular complexity index is 1040. The molecule has 0 saturated heterocycles. The van der Waals surface area contributed by atoms with E-state index < -0.39 is 11.4 Å². The highest BCUT2D eigenvalue weighted by Crippen LogP contribution is 2.25. The third-order valence-electron chi connectivity index (χ3n) is 4.31. The van der Waals surface area contributed by atoms with Crippen LogP contribution in [0.4, 0.5) is 0 Å². The first-order valence-corrected chi connectivity index (χ1v) is 10.3. The van der Waals surface area contributed by atoms with Crippen molar-refractivity contribution in [3.8, 4) is 11.1 Å². The molecule has 0 fully saturated rings. The molecule has 6 nitrogen and oxygen atoms in total. The number of nitrogens with one attached hydrogen (secondary N) is 1. The molecule has 3 aromatic rings. The summed E-state index contributed by atoms with van der Waals surface area (Å²) in [5.74, 6) is -1.01. The molecule has 7 heteroatoms. The van der Waals surface area contributed by atoms with Crippen molar-refractivity contribution >= 4 is 29.0 Å². The minimum atomic E-state index is -0.693. The number of Topliss-reactive ketones (excluding diaryl/α,β-unsaturated/α-hetero) is 1. The molecule has 30 heavy (non-hydrogen) atoms. The summed E-state index contributed by atoms with van der Waals surface area (Å²) >= 11 is 1.26. The third kappa shape index (κ3) is 5.24. The summed E-state index contributed by atoms with van der Waals surface area (Å²) in [5, 5.41) is 2.84. The monoisotopic (exact) mass is 425 g/mol. The molecule has 2 aromatic heterocycles. The zero-order valence-electron chi connectivity index (χ0n) is 17.1.